The van der Waals surface area contributed by atoms with Crippen LogP contribution < -0.4 is 5.73 Å². The normalized spacial score (nSPS) is 18.5. The fraction of sp³-hybridized carbons (Fsp3) is 0.200. The number of nitrogens with two attached hydrogens (primary N) is 1. The van der Waals surface area contributed by atoms with Crippen LogP contribution in [0.25, 0.3) is 0 Å². The second kappa shape index (κ2) is 8.42. The van der Waals surface area contributed by atoms with E-state index in [0.717, 1.165) is 29.8 Å². The van der Waals surface area contributed by atoms with E-state index in [1.165, 1.54) is 24.3 Å². The van der Waals surface area contributed by atoms with Crippen molar-refractivity contribution >= 4 is 29.6 Å². The van der Waals surface area contributed by atoms with Crippen LogP contribution in [-0.2, 0) is 23.9 Å². The zero-order chi connectivity index (χ0) is 22.0. The molecule has 154 valence electrons. The van der Waals surface area contributed by atoms with Crippen molar-refractivity contribution in [2.24, 2.45) is 5.73 Å². The quantitative estimate of drug-likeness (QED) is 0.722. The van der Waals surface area contributed by atoms with E-state index in [1.807, 2.05) is 6.07 Å². The molecule has 0 aromatic heterocycles. The van der Waals surface area contributed by atoms with Gasteiger partial charge >= 0.3 is 11.9 Å². The molecule has 30 heavy (non-hydrogen) atoms. The van der Waals surface area contributed by atoms with Crippen LogP contribution in [0.4, 0.5) is 4.39 Å². The maximum atomic E-state index is 13.5. The number of hydrogen-bond donors (Lipinski definition) is 1. The Labute approximate surface area is 175 Å². The predicted molar refractivity (Wildman–Crippen MR) is 104 cm³/mol. The van der Waals surface area contributed by atoms with Crippen molar-refractivity contribution in [3.05, 3.63) is 68.6 Å². The van der Waals surface area contributed by atoms with Crippen molar-refractivity contribution in [3.63, 3.8) is 0 Å². The predicted octanol–water partition coefficient (Wildman–Crippen LogP) is 2.02. The molecule has 0 aliphatic carbocycles. The number of esters is 2. The Morgan fingerprint density at radius 2 is 1.97 bits per heavy atom. The highest BCUT2D eigenvalue weighted by atomic mass is 32.2. The van der Waals surface area contributed by atoms with E-state index in [4.69, 9.17) is 10.5 Å². The molecular formula is C20H16FN3O5S. The number of fused-ring (bicyclic) bond motifs is 1. The van der Waals surface area contributed by atoms with Crippen molar-refractivity contribution in [1.29, 1.82) is 5.26 Å². The van der Waals surface area contributed by atoms with Crippen molar-refractivity contribution in [1.82, 2.24) is 4.90 Å². The van der Waals surface area contributed by atoms with Gasteiger partial charge < -0.3 is 15.2 Å². The zero-order valence-electron chi connectivity index (χ0n) is 16.0. The third-order valence-corrected chi connectivity index (χ3v) is 5.52. The number of amides is 1. The van der Waals surface area contributed by atoms with Gasteiger partial charge in [0.25, 0.3) is 5.91 Å². The summed E-state index contributed by atoms with van der Waals surface area (Å²) >= 11 is 0.805. The summed E-state index contributed by atoms with van der Waals surface area (Å²) in [5, 5.41) is 9.80. The summed E-state index contributed by atoms with van der Waals surface area (Å²) in [6, 6.07) is 7.12. The SMILES string of the molecule is CCOC(=O)C1=C2SC(C(=O)OC)=CC(=O)N2C(N)=C(C#N)[C@@H]1c1ccc(F)cc1. The minimum atomic E-state index is -1.02. The van der Waals surface area contributed by atoms with Gasteiger partial charge in [0.05, 0.1) is 36.9 Å². The number of benzene rings is 1. The molecule has 0 saturated heterocycles. The lowest BCUT2D eigenvalue weighted by atomic mass is 9.83. The number of halogens is 1. The van der Waals surface area contributed by atoms with Gasteiger partial charge in [-0.05, 0) is 24.6 Å². The van der Waals surface area contributed by atoms with Gasteiger partial charge in [-0.1, -0.05) is 23.9 Å². The number of carbonyl (C=O) groups is 3. The minimum Gasteiger partial charge on any atom is -0.465 e. The highest BCUT2D eigenvalue weighted by Gasteiger charge is 2.44. The van der Waals surface area contributed by atoms with Gasteiger partial charge in [0.2, 0.25) is 0 Å². The monoisotopic (exact) mass is 429 g/mol. The lowest BCUT2D eigenvalue weighted by molar-refractivity contribution is -0.139. The number of nitriles is 1. The van der Waals surface area contributed by atoms with Gasteiger partial charge in [-0.2, -0.15) is 5.26 Å². The third-order valence-electron chi connectivity index (χ3n) is 4.42. The smallest absolute Gasteiger partial charge is 0.344 e. The Bertz CT molecular complexity index is 1070. The first-order valence-electron chi connectivity index (χ1n) is 8.72. The maximum Gasteiger partial charge on any atom is 0.344 e. The van der Waals surface area contributed by atoms with Gasteiger partial charge in [-0.15, -0.1) is 0 Å². The second-order valence-electron chi connectivity index (χ2n) is 6.11. The highest BCUT2D eigenvalue weighted by molar-refractivity contribution is 8.07. The molecule has 3 rings (SSSR count). The molecule has 0 fully saturated rings. The molecule has 2 heterocycles. The molecule has 1 aromatic carbocycles. The Morgan fingerprint density at radius 3 is 2.53 bits per heavy atom. The molecule has 1 atom stereocenters. The third kappa shape index (κ3) is 3.55. The molecule has 0 radical (unpaired) electrons. The molecule has 0 spiro atoms. The van der Waals surface area contributed by atoms with E-state index < -0.39 is 29.6 Å². The lowest BCUT2D eigenvalue weighted by Gasteiger charge is -2.36. The van der Waals surface area contributed by atoms with Crippen molar-refractivity contribution in [2.75, 3.05) is 13.7 Å². The Morgan fingerprint density at radius 1 is 1.30 bits per heavy atom. The standard InChI is InChI=1S/C20H16FN3O5S/c1-3-29-20(27)16-15(10-4-6-11(21)7-5-10)12(9-22)17(23)24-14(25)8-13(19(26)28-2)30-18(16)24/h4-8,15H,3,23H2,1-2H3/t15-/m0/s1. The minimum absolute atomic E-state index is 0.0329. The van der Waals surface area contributed by atoms with Crippen LogP contribution in [-0.4, -0.2) is 36.5 Å². The summed E-state index contributed by atoms with van der Waals surface area (Å²) in [6.07, 6.45) is 1.02. The molecule has 10 heteroatoms. The van der Waals surface area contributed by atoms with Crippen molar-refractivity contribution in [2.45, 2.75) is 12.8 Å². The van der Waals surface area contributed by atoms with Crippen LogP contribution >= 0.6 is 11.8 Å². The summed E-state index contributed by atoms with van der Waals surface area (Å²) in [4.78, 5) is 38.6. The van der Waals surface area contributed by atoms with Crippen LogP contribution in [0.15, 0.2) is 57.2 Å². The first-order valence-corrected chi connectivity index (χ1v) is 9.54. The average Bonchev–Trinajstić information content (AvgIpc) is 2.73. The van der Waals surface area contributed by atoms with E-state index in [1.54, 1.807) is 6.92 Å². The van der Waals surface area contributed by atoms with E-state index in [0.29, 0.717) is 5.56 Å². The zero-order valence-corrected chi connectivity index (χ0v) is 16.8. The largest absolute Gasteiger partial charge is 0.465 e. The average molecular weight is 429 g/mol. The summed E-state index contributed by atoms with van der Waals surface area (Å²) in [5.41, 5.74) is 6.40. The number of nitrogens with zero attached hydrogens (tertiary/aromatic N) is 2. The van der Waals surface area contributed by atoms with E-state index in [9.17, 15) is 24.0 Å². The van der Waals surface area contributed by atoms with Crippen molar-refractivity contribution < 1.29 is 28.2 Å². The number of methoxy groups -OCH3 is 1. The van der Waals surface area contributed by atoms with Crippen LogP contribution in [0.1, 0.15) is 18.4 Å². The first kappa shape index (κ1) is 21.1. The highest BCUT2D eigenvalue weighted by Crippen LogP contribution is 2.48. The molecular weight excluding hydrogens is 413 g/mol. The van der Waals surface area contributed by atoms with Crippen LogP contribution in [0, 0.1) is 17.1 Å². The van der Waals surface area contributed by atoms with Gasteiger partial charge in [0.1, 0.15) is 21.6 Å². The number of rotatable bonds is 4. The number of allylic oxidation sites excluding steroid dienone is 1. The summed E-state index contributed by atoms with van der Waals surface area (Å²) in [7, 11) is 1.16. The summed E-state index contributed by atoms with van der Waals surface area (Å²) in [6.45, 7) is 1.64. The first-order chi connectivity index (χ1) is 14.3. The Kier molecular flexibility index (Phi) is 5.94. The van der Waals surface area contributed by atoms with Gasteiger partial charge in [0.15, 0.2) is 0 Å². The van der Waals surface area contributed by atoms with Crippen LogP contribution in [0.3, 0.4) is 0 Å². The van der Waals surface area contributed by atoms with E-state index in [-0.39, 0.29) is 33.5 Å². The van der Waals surface area contributed by atoms with E-state index >= 15 is 0 Å². The van der Waals surface area contributed by atoms with Crippen LogP contribution in [0.2, 0.25) is 0 Å². The second-order valence-corrected chi connectivity index (χ2v) is 7.14. The lowest BCUT2D eigenvalue weighted by Crippen LogP contribution is -2.41. The van der Waals surface area contributed by atoms with Crippen molar-refractivity contribution in [3.8, 4) is 6.07 Å². The van der Waals surface area contributed by atoms with Crippen LogP contribution in [0.5, 0.6) is 0 Å². The summed E-state index contributed by atoms with van der Waals surface area (Å²) in [5.74, 6) is -3.98. The number of ether oxygens (including phenoxy) is 2. The number of hydrogen-bond acceptors (Lipinski definition) is 8. The molecule has 0 unspecified atom stereocenters. The molecule has 2 aliphatic rings. The fourth-order valence-corrected chi connectivity index (χ4v) is 4.25. The van der Waals surface area contributed by atoms with Gasteiger partial charge in [-0.3, -0.25) is 9.69 Å². The van der Waals surface area contributed by atoms with Gasteiger partial charge in [0, 0.05) is 6.08 Å². The molecule has 2 aliphatic heterocycles. The maximum absolute atomic E-state index is 13.5. The Hall–Kier alpha value is -3.58. The summed E-state index contributed by atoms with van der Waals surface area (Å²) < 4.78 is 23.3. The molecule has 0 saturated carbocycles. The Balaban J connectivity index is 2.30. The number of thioether (sulfide) groups is 1. The molecule has 0 bridgehead atoms. The molecule has 1 amide bonds. The molecule has 1 aromatic rings. The fourth-order valence-electron chi connectivity index (χ4n) is 3.12. The van der Waals surface area contributed by atoms with Gasteiger partial charge in [-0.25, -0.2) is 14.0 Å². The molecule has 2 N–H and O–H groups in total. The topological polar surface area (TPSA) is 123 Å². The number of carbonyl (C=O) groups excluding carboxylic acids is 3. The van der Waals surface area contributed by atoms with E-state index in [2.05, 4.69) is 4.74 Å². The molecule has 8 nitrogen and oxygen atoms in total.